The summed E-state index contributed by atoms with van der Waals surface area (Å²) in [6.07, 6.45) is 0. The van der Waals surface area contributed by atoms with E-state index in [2.05, 4.69) is 5.32 Å². The van der Waals surface area contributed by atoms with Gasteiger partial charge in [-0.15, -0.1) is 0 Å². The molecule has 1 aromatic carbocycles. The fraction of sp³-hybridized carbons (Fsp3) is 0.467. The first-order valence-electron chi connectivity index (χ1n) is 6.81. The van der Waals surface area contributed by atoms with Crippen molar-refractivity contribution in [2.75, 3.05) is 26.8 Å². The first kappa shape index (κ1) is 15.2. The molecule has 0 bridgehead atoms. The lowest BCUT2D eigenvalue weighted by Gasteiger charge is -2.41. The van der Waals surface area contributed by atoms with Crippen molar-refractivity contribution >= 4 is 11.8 Å². The van der Waals surface area contributed by atoms with Crippen LogP contribution in [-0.4, -0.2) is 49.1 Å². The topological polar surface area (TPSA) is 67.9 Å². The molecule has 114 valence electrons. The zero-order valence-electron chi connectivity index (χ0n) is 12.5. The largest absolute Gasteiger partial charge is 0.497 e. The molecule has 2 amide bonds. The average molecular weight is 292 g/mol. The fourth-order valence-corrected chi connectivity index (χ4v) is 2.23. The lowest BCUT2D eigenvalue weighted by molar-refractivity contribution is -0.150. The van der Waals surface area contributed by atoms with E-state index in [1.807, 2.05) is 0 Å². The Morgan fingerprint density at radius 3 is 2.52 bits per heavy atom. The van der Waals surface area contributed by atoms with Crippen molar-refractivity contribution in [3.8, 4) is 11.5 Å². The first-order chi connectivity index (χ1) is 9.95. The molecular formula is C15H20N2O4. The summed E-state index contributed by atoms with van der Waals surface area (Å²) >= 11 is 0. The van der Waals surface area contributed by atoms with Gasteiger partial charge in [0.2, 0.25) is 5.91 Å². The molecule has 2 rings (SSSR count). The summed E-state index contributed by atoms with van der Waals surface area (Å²) in [5, 5.41) is 2.76. The zero-order valence-corrected chi connectivity index (χ0v) is 12.5. The van der Waals surface area contributed by atoms with E-state index in [9.17, 15) is 9.59 Å². The fourth-order valence-electron chi connectivity index (χ4n) is 2.23. The minimum atomic E-state index is -0.849. The number of hydrogen-bond donors (Lipinski definition) is 1. The predicted octanol–water partition coefficient (Wildman–Crippen LogP) is 0.811. The van der Waals surface area contributed by atoms with Crippen LogP contribution in [0.3, 0.4) is 0 Å². The maximum absolute atomic E-state index is 12.3. The van der Waals surface area contributed by atoms with Crippen molar-refractivity contribution in [1.29, 1.82) is 0 Å². The van der Waals surface area contributed by atoms with Gasteiger partial charge in [-0.05, 0) is 38.1 Å². The van der Waals surface area contributed by atoms with Crippen LogP contribution >= 0.6 is 0 Å². The van der Waals surface area contributed by atoms with Gasteiger partial charge in [0.25, 0.3) is 5.91 Å². The van der Waals surface area contributed by atoms with E-state index < -0.39 is 5.54 Å². The van der Waals surface area contributed by atoms with Gasteiger partial charge in [-0.3, -0.25) is 9.59 Å². The van der Waals surface area contributed by atoms with Crippen molar-refractivity contribution in [3.63, 3.8) is 0 Å². The van der Waals surface area contributed by atoms with Gasteiger partial charge in [0, 0.05) is 13.1 Å². The van der Waals surface area contributed by atoms with Gasteiger partial charge in [-0.2, -0.15) is 0 Å². The number of amides is 2. The van der Waals surface area contributed by atoms with E-state index in [1.54, 1.807) is 50.1 Å². The summed E-state index contributed by atoms with van der Waals surface area (Å²) in [7, 11) is 1.59. The van der Waals surface area contributed by atoms with Gasteiger partial charge in [0.15, 0.2) is 6.61 Å². The van der Waals surface area contributed by atoms with E-state index in [4.69, 9.17) is 9.47 Å². The zero-order chi connectivity index (χ0) is 15.5. The number of rotatable bonds is 4. The van der Waals surface area contributed by atoms with Crippen molar-refractivity contribution in [2.24, 2.45) is 0 Å². The molecule has 1 aliphatic rings. The highest BCUT2D eigenvalue weighted by atomic mass is 16.5. The molecule has 1 fully saturated rings. The summed E-state index contributed by atoms with van der Waals surface area (Å²) in [5.74, 6) is 0.961. The molecule has 0 radical (unpaired) electrons. The van der Waals surface area contributed by atoms with Gasteiger partial charge in [-0.1, -0.05) is 0 Å². The number of methoxy groups -OCH3 is 1. The predicted molar refractivity (Wildman–Crippen MR) is 77.3 cm³/mol. The van der Waals surface area contributed by atoms with E-state index in [0.717, 1.165) is 5.75 Å². The smallest absolute Gasteiger partial charge is 0.261 e. The van der Waals surface area contributed by atoms with Crippen molar-refractivity contribution < 1.29 is 19.1 Å². The molecule has 0 unspecified atom stereocenters. The highest BCUT2D eigenvalue weighted by Crippen LogP contribution is 2.20. The lowest BCUT2D eigenvalue weighted by Crippen LogP contribution is -2.64. The van der Waals surface area contributed by atoms with Crippen LogP contribution in [-0.2, 0) is 9.59 Å². The summed E-state index contributed by atoms with van der Waals surface area (Å²) < 4.78 is 10.5. The van der Waals surface area contributed by atoms with Crippen LogP contribution in [0.4, 0.5) is 0 Å². The molecule has 21 heavy (non-hydrogen) atoms. The second-order valence-electron chi connectivity index (χ2n) is 5.32. The first-order valence-corrected chi connectivity index (χ1v) is 6.81. The number of benzene rings is 1. The van der Waals surface area contributed by atoms with Crippen molar-refractivity contribution in [2.45, 2.75) is 19.4 Å². The molecule has 1 aliphatic heterocycles. The quantitative estimate of drug-likeness (QED) is 0.892. The van der Waals surface area contributed by atoms with Gasteiger partial charge in [-0.25, -0.2) is 0 Å². The number of nitrogens with one attached hydrogen (secondary N) is 1. The lowest BCUT2D eigenvalue weighted by atomic mass is 9.99. The summed E-state index contributed by atoms with van der Waals surface area (Å²) in [4.78, 5) is 25.6. The van der Waals surface area contributed by atoms with Crippen LogP contribution in [0.2, 0.25) is 0 Å². The Bertz CT molecular complexity index is 525. The number of piperazine rings is 1. The Morgan fingerprint density at radius 1 is 1.29 bits per heavy atom. The number of ether oxygens (including phenoxy) is 2. The van der Waals surface area contributed by atoms with Gasteiger partial charge in [0.05, 0.1) is 7.11 Å². The van der Waals surface area contributed by atoms with E-state index in [1.165, 1.54) is 0 Å². The number of nitrogens with zero attached hydrogens (tertiary/aromatic N) is 1. The van der Waals surface area contributed by atoms with Crippen LogP contribution < -0.4 is 14.8 Å². The highest BCUT2D eigenvalue weighted by Gasteiger charge is 2.40. The highest BCUT2D eigenvalue weighted by molar-refractivity contribution is 5.92. The minimum Gasteiger partial charge on any atom is -0.497 e. The van der Waals surface area contributed by atoms with Gasteiger partial charge >= 0.3 is 0 Å². The van der Waals surface area contributed by atoms with Crippen LogP contribution in [0.5, 0.6) is 11.5 Å². The van der Waals surface area contributed by atoms with Crippen LogP contribution in [0.15, 0.2) is 24.3 Å². The molecule has 0 atom stereocenters. The van der Waals surface area contributed by atoms with Crippen LogP contribution in [0.1, 0.15) is 13.8 Å². The second-order valence-corrected chi connectivity index (χ2v) is 5.32. The Morgan fingerprint density at radius 2 is 1.90 bits per heavy atom. The second kappa shape index (κ2) is 6.03. The summed E-state index contributed by atoms with van der Waals surface area (Å²) in [5.41, 5.74) is -0.849. The van der Waals surface area contributed by atoms with E-state index in [0.29, 0.717) is 18.8 Å². The minimum absolute atomic E-state index is 0.0942. The van der Waals surface area contributed by atoms with Crippen molar-refractivity contribution in [3.05, 3.63) is 24.3 Å². The molecule has 1 heterocycles. The SMILES string of the molecule is COc1ccc(OCC(=O)N2CCNC(=O)C2(C)C)cc1. The standard InChI is InChI=1S/C15H20N2O4/c1-15(2)14(19)16-8-9-17(15)13(18)10-21-12-6-4-11(20-3)5-7-12/h4-7H,8-10H2,1-3H3,(H,16,19). The Labute approximate surface area is 124 Å². The van der Waals surface area contributed by atoms with Crippen LogP contribution in [0.25, 0.3) is 0 Å². The van der Waals surface area contributed by atoms with Gasteiger partial charge in [0.1, 0.15) is 17.0 Å². The molecule has 0 spiro atoms. The van der Waals surface area contributed by atoms with E-state index >= 15 is 0 Å². The molecule has 1 N–H and O–H groups in total. The molecule has 1 aromatic rings. The molecule has 6 nitrogen and oxygen atoms in total. The molecule has 0 saturated carbocycles. The maximum Gasteiger partial charge on any atom is 0.261 e. The molecule has 0 aliphatic carbocycles. The molecule has 1 saturated heterocycles. The molecular weight excluding hydrogens is 272 g/mol. The maximum atomic E-state index is 12.3. The number of carbonyl (C=O) groups excluding carboxylic acids is 2. The summed E-state index contributed by atoms with van der Waals surface area (Å²) in [6.45, 7) is 4.32. The monoisotopic (exact) mass is 292 g/mol. The molecule has 6 heteroatoms. The average Bonchev–Trinajstić information content (AvgIpc) is 2.48. The third-order valence-electron chi connectivity index (χ3n) is 3.57. The Hall–Kier alpha value is -2.24. The summed E-state index contributed by atoms with van der Waals surface area (Å²) in [6, 6.07) is 7.00. The Balaban J connectivity index is 1.96. The van der Waals surface area contributed by atoms with Crippen LogP contribution in [0, 0.1) is 0 Å². The molecule has 0 aromatic heterocycles. The normalized spacial score (nSPS) is 17.1. The third-order valence-corrected chi connectivity index (χ3v) is 3.57. The third kappa shape index (κ3) is 3.26. The Kier molecular flexibility index (Phi) is 4.35. The van der Waals surface area contributed by atoms with Gasteiger partial charge < -0.3 is 19.7 Å². The van der Waals surface area contributed by atoms with E-state index in [-0.39, 0.29) is 18.4 Å². The number of hydrogen-bond acceptors (Lipinski definition) is 4. The van der Waals surface area contributed by atoms with Crippen molar-refractivity contribution in [1.82, 2.24) is 10.2 Å². The number of carbonyl (C=O) groups is 2.